The first-order valence-electron chi connectivity index (χ1n) is 11.7. The van der Waals surface area contributed by atoms with Gasteiger partial charge in [0.05, 0.1) is 5.92 Å². The van der Waals surface area contributed by atoms with Crippen LogP contribution in [0.4, 0.5) is 30.7 Å². The highest BCUT2D eigenvalue weighted by atomic mass is 19.4. The Labute approximate surface area is 213 Å². The second kappa shape index (κ2) is 13.2. The molecule has 2 N–H and O–H groups in total. The standard InChI is InChI=1S/C19H26FN3O.2C2HF3O2/c20-17-5-3-15(4-6-17)11-22-12-16-13-23(19(24)18(16)14-22)10-9-21-7-1-2-8-21;2*3-2(4,5)1(6)7/h3-6,16,18H,1-2,7-14H2;2*(H,6,7)/t16-,18-;;/m0../s1. The van der Waals surface area contributed by atoms with Gasteiger partial charge in [-0.3, -0.25) is 9.69 Å². The van der Waals surface area contributed by atoms with Crippen molar-refractivity contribution >= 4 is 17.8 Å². The molecule has 3 saturated heterocycles. The lowest BCUT2D eigenvalue weighted by Gasteiger charge is -2.24. The first-order chi connectivity index (χ1) is 17.6. The molecule has 0 unspecified atom stereocenters. The van der Waals surface area contributed by atoms with Crippen LogP contribution in [-0.2, 0) is 20.9 Å². The number of alkyl halides is 6. The van der Waals surface area contributed by atoms with E-state index in [1.807, 2.05) is 12.1 Å². The number of fused-ring (bicyclic) bond motifs is 1. The average molecular weight is 559 g/mol. The van der Waals surface area contributed by atoms with E-state index in [4.69, 9.17) is 19.8 Å². The third-order valence-electron chi connectivity index (χ3n) is 6.29. The van der Waals surface area contributed by atoms with Crippen molar-refractivity contribution in [2.45, 2.75) is 31.7 Å². The summed E-state index contributed by atoms with van der Waals surface area (Å²) in [6.45, 7) is 7.87. The van der Waals surface area contributed by atoms with Crippen LogP contribution >= 0.6 is 0 Å². The second-order valence-corrected chi connectivity index (χ2v) is 9.13. The summed E-state index contributed by atoms with van der Waals surface area (Å²) in [7, 11) is 0. The van der Waals surface area contributed by atoms with Crippen LogP contribution in [0.25, 0.3) is 0 Å². The molecular weight excluding hydrogens is 531 g/mol. The van der Waals surface area contributed by atoms with E-state index in [-0.39, 0.29) is 11.7 Å². The van der Waals surface area contributed by atoms with Crippen LogP contribution in [0.2, 0.25) is 0 Å². The van der Waals surface area contributed by atoms with E-state index in [0.717, 1.165) is 44.8 Å². The maximum atomic E-state index is 13.0. The monoisotopic (exact) mass is 559 g/mol. The third kappa shape index (κ3) is 9.74. The molecule has 0 radical (unpaired) electrons. The van der Waals surface area contributed by atoms with Crippen LogP contribution < -0.4 is 0 Å². The lowest BCUT2D eigenvalue weighted by molar-refractivity contribution is -0.193. The van der Waals surface area contributed by atoms with Crippen molar-refractivity contribution in [3.63, 3.8) is 0 Å². The van der Waals surface area contributed by atoms with Gasteiger partial charge in [-0.25, -0.2) is 14.0 Å². The number of carbonyl (C=O) groups excluding carboxylic acids is 1. The quantitative estimate of drug-likeness (QED) is 0.535. The maximum Gasteiger partial charge on any atom is 0.490 e. The first kappa shape index (κ1) is 31.3. The third-order valence-corrected chi connectivity index (χ3v) is 6.29. The van der Waals surface area contributed by atoms with Crippen molar-refractivity contribution in [3.8, 4) is 0 Å². The zero-order valence-corrected chi connectivity index (χ0v) is 20.1. The molecule has 3 aliphatic heterocycles. The molecular formula is C23H28F7N3O5. The van der Waals surface area contributed by atoms with Gasteiger partial charge in [-0.1, -0.05) is 12.1 Å². The van der Waals surface area contributed by atoms with Gasteiger partial charge in [-0.2, -0.15) is 26.3 Å². The van der Waals surface area contributed by atoms with Crippen molar-refractivity contribution in [3.05, 3.63) is 35.6 Å². The Morgan fingerprint density at radius 3 is 1.76 bits per heavy atom. The van der Waals surface area contributed by atoms with Gasteiger partial charge < -0.3 is 20.0 Å². The van der Waals surface area contributed by atoms with Gasteiger partial charge in [0.15, 0.2) is 0 Å². The van der Waals surface area contributed by atoms with Crippen molar-refractivity contribution in [1.82, 2.24) is 14.7 Å². The predicted molar refractivity (Wildman–Crippen MR) is 118 cm³/mol. The number of likely N-dealkylation sites (tertiary alicyclic amines) is 3. The molecule has 0 spiro atoms. The highest BCUT2D eigenvalue weighted by Crippen LogP contribution is 2.33. The number of benzene rings is 1. The summed E-state index contributed by atoms with van der Waals surface area (Å²) in [5.74, 6) is -4.72. The largest absolute Gasteiger partial charge is 0.490 e. The minimum atomic E-state index is -5.08. The van der Waals surface area contributed by atoms with Gasteiger partial charge in [0.1, 0.15) is 5.82 Å². The molecule has 0 saturated carbocycles. The van der Waals surface area contributed by atoms with Crippen LogP contribution in [0.1, 0.15) is 18.4 Å². The smallest absolute Gasteiger partial charge is 0.475 e. The summed E-state index contributed by atoms with van der Waals surface area (Å²) >= 11 is 0. The highest BCUT2D eigenvalue weighted by molar-refractivity contribution is 5.82. The molecule has 1 aromatic carbocycles. The Kier molecular flexibility index (Phi) is 10.9. The molecule has 2 atom stereocenters. The van der Waals surface area contributed by atoms with E-state index in [9.17, 15) is 35.5 Å². The lowest BCUT2D eigenvalue weighted by Crippen LogP contribution is -2.37. The fraction of sp³-hybridized carbons (Fsp3) is 0.609. The molecule has 3 fully saturated rings. The van der Waals surface area contributed by atoms with E-state index >= 15 is 0 Å². The summed E-state index contributed by atoms with van der Waals surface area (Å²) in [6, 6.07) is 6.70. The lowest BCUT2D eigenvalue weighted by atomic mass is 10.0. The molecule has 4 rings (SSSR count). The van der Waals surface area contributed by atoms with Crippen molar-refractivity contribution in [2.24, 2.45) is 11.8 Å². The van der Waals surface area contributed by atoms with Crippen molar-refractivity contribution in [2.75, 3.05) is 45.8 Å². The molecule has 0 aromatic heterocycles. The Morgan fingerprint density at radius 2 is 1.32 bits per heavy atom. The molecule has 3 aliphatic rings. The zero-order valence-electron chi connectivity index (χ0n) is 20.1. The number of carbonyl (C=O) groups is 3. The normalized spacial score (nSPS) is 21.9. The van der Waals surface area contributed by atoms with Crippen LogP contribution in [0.5, 0.6) is 0 Å². The number of carboxylic acid groups (broad SMARTS) is 2. The number of carboxylic acids is 2. The average Bonchev–Trinajstić information content (AvgIpc) is 3.52. The summed E-state index contributed by atoms with van der Waals surface area (Å²) in [5.41, 5.74) is 1.12. The number of hydrogen-bond donors (Lipinski definition) is 2. The van der Waals surface area contributed by atoms with Gasteiger partial charge in [0.2, 0.25) is 5.91 Å². The van der Waals surface area contributed by atoms with Gasteiger partial charge in [0, 0.05) is 45.2 Å². The Morgan fingerprint density at radius 1 is 0.816 bits per heavy atom. The summed E-state index contributed by atoms with van der Waals surface area (Å²) in [6.07, 6.45) is -7.56. The Hall–Kier alpha value is -2.94. The van der Waals surface area contributed by atoms with Crippen LogP contribution in [0.3, 0.4) is 0 Å². The van der Waals surface area contributed by atoms with Gasteiger partial charge in [-0.15, -0.1) is 0 Å². The van der Waals surface area contributed by atoms with Gasteiger partial charge in [-0.05, 0) is 43.6 Å². The highest BCUT2D eigenvalue weighted by Gasteiger charge is 2.45. The van der Waals surface area contributed by atoms with E-state index in [1.54, 1.807) is 0 Å². The number of halogens is 7. The molecule has 214 valence electrons. The van der Waals surface area contributed by atoms with Gasteiger partial charge in [0.25, 0.3) is 0 Å². The Bertz CT molecular complexity index is 926. The topological polar surface area (TPSA) is 101 Å². The van der Waals surface area contributed by atoms with Crippen LogP contribution in [0, 0.1) is 17.7 Å². The number of hydrogen-bond acceptors (Lipinski definition) is 5. The summed E-state index contributed by atoms with van der Waals surface area (Å²) < 4.78 is 76.5. The molecule has 1 amide bonds. The number of nitrogens with zero attached hydrogens (tertiary/aromatic N) is 3. The number of amides is 1. The Balaban J connectivity index is 0.000000301. The molecule has 0 bridgehead atoms. The SMILES string of the molecule is O=C(O)C(F)(F)F.O=C(O)C(F)(F)F.O=C1[C@H]2CN(Cc3ccc(F)cc3)C[C@H]2CN1CCN1CCCC1. The maximum absolute atomic E-state index is 13.0. The van der Waals surface area contributed by atoms with E-state index in [2.05, 4.69) is 14.7 Å². The van der Waals surface area contributed by atoms with Crippen LogP contribution in [-0.4, -0.2) is 101 Å². The van der Waals surface area contributed by atoms with E-state index in [1.165, 1.54) is 38.1 Å². The molecule has 15 heteroatoms. The zero-order chi connectivity index (χ0) is 28.7. The van der Waals surface area contributed by atoms with Crippen molar-refractivity contribution < 1.29 is 55.3 Å². The molecule has 0 aliphatic carbocycles. The predicted octanol–water partition coefficient (Wildman–Crippen LogP) is 3.08. The summed E-state index contributed by atoms with van der Waals surface area (Å²) in [5, 5.41) is 14.2. The first-order valence-corrected chi connectivity index (χ1v) is 11.7. The van der Waals surface area contributed by atoms with Gasteiger partial charge >= 0.3 is 24.3 Å². The van der Waals surface area contributed by atoms with Crippen LogP contribution in [0.15, 0.2) is 24.3 Å². The number of aliphatic carboxylic acids is 2. The number of rotatable bonds is 5. The van der Waals surface area contributed by atoms with E-state index in [0.29, 0.717) is 11.8 Å². The minimum Gasteiger partial charge on any atom is -0.475 e. The second-order valence-electron chi connectivity index (χ2n) is 9.13. The fourth-order valence-electron chi connectivity index (χ4n) is 4.48. The molecule has 38 heavy (non-hydrogen) atoms. The summed E-state index contributed by atoms with van der Waals surface area (Å²) in [4.78, 5) is 37.4. The van der Waals surface area contributed by atoms with Crippen molar-refractivity contribution in [1.29, 1.82) is 0 Å². The van der Waals surface area contributed by atoms with E-state index < -0.39 is 24.3 Å². The molecule has 8 nitrogen and oxygen atoms in total. The molecule has 3 heterocycles. The minimum absolute atomic E-state index is 0.170. The fourth-order valence-corrected chi connectivity index (χ4v) is 4.48. The molecule has 1 aromatic rings.